The van der Waals surface area contributed by atoms with E-state index in [1.807, 2.05) is 0 Å². The predicted molar refractivity (Wildman–Crippen MR) is 55.4 cm³/mol. The molecule has 0 bridgehead atoms. The van der Waals surface area contributed by atoms with E-state index in [4.69, 9.17) is 4.74 Å². The van der Waals surface area contributed by atoms with Gasteiger partial charge in [-0.1, -0.05) is 0 Å². The van der Waals surface area contributed by atoms with E-state index in [1.165, 1.54) is 0 Å². The van der Waals surface area contributed by atoms with Gasteiger partial charge in [0.15, 0.2) is 0 Å². The summed E-state index contributed by atoms with van der Waals surface area (Å²) in [6, 6.07) is 0. The van der Waals surface area contributed by atoms with Crippen LogP contribution in [0.1, 0.15) is 32.6 Å². The van der Waals surface area contributed by atoms with E-state index in [2.05, 4.69) is 5.32 Å². The van der Waals surface area contributed by atoms with Crippen molar-refractivity contribution >= 4 is 5.97 Å². The fourth-order valence-corrected chi connectivity index (χ4v) is 2.57. The lowest BCUT2D eigenvalue weighted by Gasteiger charge is -2.38. The predicted octanol–water partition coefficient (Wildman–Crippen LogP) is 0.444. The minimum atomic E-state index is -0.829. The second-order valence-electron chi connectivity index (χ2n) is 4.58. The summed E-state index contributed by atoms with van der Waals surface area (Å²) in [7, 11) is 0. The topological polar surface area (TPSA) is 58.6 Å². The molecule has 0 unspecified atom stereocenters. The van der Waals surface area contributed by atoms with Gasteiger partial charge in [0.2, 0.25) is 0 Å². The van der Waals surface area contributed by atoms with Gasteiger partial charge >= 0.3 is 5.97 Å². The Morgan fingerprint density at radius 3 is 2.40 bits per heavy atom. The highest BCUT2D eigenvalue weighted by Crippen LogP contribution is 2.57. The van der Waals surface area contributed by atoms with Gasteiger partial charge in [-0.3, -0.25) is 4.79 Å². The Bertz CT molecular complexity index is 255. The highest BCUT2D eigenvalue weighted by molar-refractivity contribution is 5.81. The fraction of sp³-hybridized carbons (Fsp3) is 0.909. The Morgan fingerprint density at radius 2 is 1.93 bits per heavy atom. The number of piperidine rings is 1. The van der Waals surface area contributed by atoms with Crippen LogP contribution in [-0.2, 0) is 9.53 Å². The van der Waals surface area contributed by atoms with E-state index in [0.717, 1.165) is 25.9 Å². The number of ether oxygens (including phenoxy) is 1. The molecule has 1 aliphatic heterocycles. The Kier molecular flexibility index (Phi) is 2.73. The van der Waals surface area contributed by atoms with E-state index >= 15 is 0 Å². The zero-order chi connectivity index (χ0) is 10.9. The maximum absolute atomic E-state index is 11.8. The number of esters is 1. The molecule has 86 valence electrons. The van der Waals surface area contributed by atoms with Crippen molar-refractivity contribution in [3.63, 3.8) is 0 Å². The van der Waals surface area contributed by atoms with Crippen LogP contribution in [0.4, 0.5) is 0 Å². The van der Waals surface area contributed by atoms with Crippen LogP contribution < -0.4 is 5.32 Å². The Balaban J connectivity index is 2.10. The van der Waals surface area contributed by atoms with Gasteiger partial charge in [0.1, 0.15) is 0 Å². The number of hydrogen-bond donors (Lipinski definition) is 2. The molecular formula is C11H19NO3. The Hall–Kier alpha value is -0.610. The smallest absolute Gasteiger partial charge is 0.315 e. The van der Waals surface area contributed by atoms with Crippen LogP contribution in [0.2, 0.25) is 0 Å². The van der Waals surface area contributed by atoms with Crippen molar-refractivity contribution in [2.24, 2.45) is 5.41 Å². The average Bonchev–Trinajstić information content (AvgIpc) is 3.00. The second kappa shape index (κ2) is 3.76. The van der Waals surface area contributed by atoms with E-state index < -0.39 is 11.0 Å². The molecule has 1 saturated carbocycles. The number of rotatable bonds is 3. The molecular weight excluding hydrogens is 194 g/mol. The van der Waals surface area contributed by atoms with Crippen LogP contribution >= 0.6 is 0 Å². The number of carbonyl (C=O) groups excluding carboxylic acids is 1. The molecule has 15 heavy (non-hydrogen) atoms. The Labute approximate surface area is 90.0 Å². The summed E-state index contributed by atoms with van der Waals surface area (Å²) in [6.45, 7) is 3.78. The largest absolute Gasteiger partial charge is 0.465 e. The third-order valence-corrected chi connectivity index (χ3v) is 3.74. The molecule has 2 aliphatic rings. The second-order valence-corrected chi connectivity index (χ2v) is 4.58. The molecule has 0 aromatic rings. The molecule has 1 aliphatic carbocycles. The van der Waals surface area contributed by atoms with Crippen molar-refractivity contribution in [3.05, 3.63) is 0 Å². The molecule has 0 spiro atoms. The molecule has 0 aromatic heterocycles. The summed E-state index contributed by atoms with van der Waals surface area (Å²) >= 11 is 0. The number of carbonyl (C=O) groups is 1. The third-order valence-electron chi connectivity index (χ3n) is 3.74. The zero-order valence-electron chi connectivity index (χ0n) is 9.21. The van der Waals surface area contributed by atoms with Gasteiger partial charge < -0.3 is 15.2 Å². The first-order valence-corrected chi connectivity index (χ1v) is 5.75. The fourth-order valence-electron chi connectivity index (χ4n) is 2.57. The van der Waals surface area contributed by atoms with Crippen molar-refractivity contribution in [2.45, 2.75) is 38.2 Å². The van der Waals surface area contributed by atoms with Crippen molar-refractivity contribution in [3.8, 4) is 0 Å². The van der Waals surface area contributed by atoms with E-state index in [9.17, 15) is 9.90 Å². The summed E-state index contributed by atoms with van der Waals surface area (Å²) in [5.74, 6) is -0.200. The minimum Gasteiger partial charge on any atom is -0.465 e. The van der Waals surface area contributed by atoms with Crippen molar-refractivity contribution in [1.29, 1.82) is 0 Å². The van der Waals surface area contributed by atoms with Crippen LogP contribution in [-0.4, -0.2) is 36.4 Å². The van der Waals surface area contributed by atoms with Crippen molar-refractivity contribution < 1.29 is 14.6 Å². The summed E-state index contributed by atoms with van der Waals surface area (Å²) in [5.41, 5.74) is -1.41. The van der Waals surface area contributed by atoms with Crippen LogP contribution in [0.3, 0.4) is 0 Å². The summed E-state index contributed by atoms with van der Waals surface area (Å²) in [5, 5.41) is 13.7. The first-order valence-electron chi connectivity index (χ1n) is 5.75. The molecule has 0 aromatic carbocycles. The third kappa shape index (κ3) is 1.66. The van der Waals surface area contributed by atoms with Crippen LogP contribution in [0, 0.1) is 5.41 Å². The number of nitrogens with one attached hydrogen (secondary N) is 1. The lowest BCUT2D eigenvalue weighted by atomic mass is 9.77. The van der Waals surface area contributed by atoms with Gasteiger partial charge in [-0.2, -0.15) is 0 Å². The molecule has 2 rings (SSSR count). The number of hydrogen-bond acceptors (Lipinski definition) is 4. The quantitative estimate of drug-likeness (QED) is 0.668. The first kappa shape index (κ1) is 10.9. The maximum atomic E-state index is 11.8. The lowest BCUT2D eigenvalue weighted by Crippen LogP contribution is -2.51. The SMILES string of the molecule is CCOC(=O)C1(C2(O)CCNCC2)CC1. The average molecular weight is 213 g/mol. The monoisotopic (exact) mass is 213 g/mol. The van der Waals surface area contributed by atoms with Crippen molar-refractivity contribution in [1.82, 2.24) is 5.32 Å². The van der Waals surface area contributed by atoms with E-state index in [0.29, 0.717) is 19.4 Å². The van der Waals surface area contributed by atoms with Gasteiger partial charge in [0, 0.05) is 0 Å². The van der Waals surface area contributed by atoms with Gasteiger partial charge in [-0.25, -0.2) is 0 Å². The highest BCUT2D eigenvalue weighted by Gasteiger charge is 2.64. The summed E-state index contributed by atoms with van der Waals surface area (Å²) in [6.07, 6.45) is 2.88. The molecule has 0 radical (unpaired) electrons. The minimum absolute atomic E-state index is 0.200. The molecule has 4 heteroatoms. The highest BCUT2D eigenvalue weighted by atomic mass is 16.5. The summed E-state index contributed by atoms with van der Waals surface area (Å²) < 4.78 is 5.07. The Morgan fingerprint density at radius 1 is 1.33 bits per heavy atom. The summed E-state index contributed by atoms with van der Waals surface area (Å²) in [4.78, 5) is 11.8. The standard InChI is InChI=1S/C11H19NO3/c1-2-15-9(13)10(3-4-10)11(14)5-7-12-8-6-11/h12,14H,2-8H2,1H3. The number of aliphatic hydroxyl groups is 1. The molecule has 2 N–H and O–H groups in total. The molecule has 4 nitrogen and oxygen atoms in total. The van der Waals surface area contributed by atoms with Crippen molar-refractivity contribution in [2.75, 3.05) is 19.7 Å². The van der Waals surface area contributed by atoms with Gasteiger partial charge in [0.25, 0.3) is 0 Å². The zero-order valence-corrected chi connectivity index (χ0v) is 9.21. The first-order chi connectivity index (χ1) is 7.15. The molecule has 1 saturated heterocycles. The van der Waals surface area contributed by atoms with E-state index in [-0.39, 0.29) is 5.97 Å². The molecule has 2 fully saturated rings. The maximum Gasteiger partial charge on any atom is 0.315 e. The van der Waals surface area contributed by atoms with E-state index in [1.54, 1.807) is 6.92 Å². The molecule has 0 amide bonds. The molecule has 0 atom stereocenters. The normalized spacial score (nSPS) is 27.1. The van der Waals surface area contributed by atoms with Gasteiger partial charge in [0.05, 0.1) is 17.6 Å². The van der Waals surface area contributed by atoms with Crippen LogP contribution in [0.5, 0.6) is 0 Å². The van der Waals surface area contributed by atoms with Gasteiger partial charge in [-0.15, -0.1) is 0 Å². The molecule has 1 heterocycles. The van der Waals surface area contributed by atoms with Gasteiger partial charge in [-0.05, 0) is 45.7 Å². The van der Waals surface area contributed by atoms with Crippen LogP contribution in [0.25, 0.3) is 0 Å². The lowest BCUT2D eigenvalue weighted by molar-refractivity contribution is -0.164. The van der Waals surface area contributed by atoms with Crippen LogP contribution in [0.15, 0.2) is 0 Å².